The second-order valence-electron chi connectivity index (χ2n) is 4.52. The van der Waals surface area contributed by atoms with E-state index < -0.39 is 0 Å². The van der Waals surface area contributed by atoms with Gasteiger partial charge in [-0.2, -0.15) is 4.37 Å². The van der Waals surface area contributed by atoms with E-state index in [1.807, 2.05) is 0 Å². The van der Waals surface area contributed by atoms with Crippen LogP contribution in [0.1, 0.15) is 32.5 Å². The van der Waals surface area contributed by atoms with Gasteiger partial charge in [0.15, 0.2) is 0 Å². The van der Waals surface area contributed by atoms with Crippen molar-refractivity contribution < 1.29 is 5.11 Å². The second-order valence-corrected chi connectivity index (χ2v) is 5.25. The Bertz CT molecular complexity index is 342. The van der Waals surface area contributed by atoms with Gasteiger partial charge in [-0.15, -0.1) is 0 Å². The smallest absolute Gasteiger partial charge is 0.205 e. The molecule has 16 heavy (non-hydrogen) atoms. The van der Waals surface area contributed by atoms with Crippen LogP contribution in [0.3, 0.4) is 0 Å². The molecule has 2 atom stereocenters. The number of aryl methyl sites for hydroxylation is 1. The fourth-order valence-electron chi connectivity index (χ4n) is 1.92. The Hall–Kier alpha value is -0.680. The van der Waals surface area contributed by atoms with E-state index in [2.05, 4.69) is 28.1 Å². The Labute approximate surface area is 100 Å². The van der Waals surface area contributed by atoms with Gasteiger partial charge in [0.2, 0.25) is 5.13 Å². The minimum absolute atomic E-state index is 0.229. The molecule has 0 aromatic carbocycles. The maximum Gasteiger partial charge on any atom is 0.205 e. The highest BCUT2D eigenvalue weighted by Crippen LogP contribution is 2.24. The summed E-state index contributed by atoms with van der Waals surface area (Å²) < 4.78 is 4.33. The lowest BCUT2D eigenvalue weighted by Gasteiger charge is -2.33. The van der Waals surface area contributed by atoms with E-state index in [1.54, 1.807) is 0 Å². The summed E-state index contributed by atoms with van der Waals surface area (Å²) in [5.41, 5.74) is 0. The summed E-state index contributed by atoms with van der Waals surface area (Å²) in [5, 5.41) is 10.8. The normalized spacial score (nSPS) is 26.1. The van der Waals surface area contributed by atoms with Crippen LogP contribution in [-0.4, -0.2) is 33.7 Å². The summed E-state index contributed by atoms with van der Waals surface area (Å²) in [6.45, 7) is 5.92. The zero-order valence-corrected chi connectivity index (χ0v) is 10.7. The third-order valence-corrected chi connectivity index (χ3v) is 3.93. The van der Waals surface area contributed by atoms with Crippen LogP contribution in [0.15, 0.2) is 0 Å². The molecule has 2 heterocycles. The van der Waals surface area contributed by atoms with Crippen molar-refractivity contribution in [1.29, 1.82) is 0 Å². The minimum Gasteiger partial charge on any atom is -0.391 e. The molecule has 1 saturated heterocycles. The lowest BCUT2D eigenvalue weighted by molar-refractivity contribution is 0.103. The number of aliphatic hydroxyl groups is 1. The molecule has 0 bridgehead atoms. The highest BCUT2D eigenvalue weighted by Gasteiger charge is 2.26. The molecular weight excluding hydrogens is 222 g/mol. The molecular formula is C11H19N3OS. The van der Waals surface area contributed by atoms with Crippen molar-refractivity contribution in [3.05, 3.63) is 5.82 Å². The van der Waals surface area contributed by atoms with Crippen LogP contribution in [0.2, 0.25) is 0 Å². The lowest BCUT2D eigenvalue weighted by atomic mass is 9.96. The van der Waals surface area contributed by atoms with Crippen LogP contribution in [-0.2, 0) is 6.42 Å². The first kappa shape index (κ1) is 11.8. The van der Waals surface area contributed by atoms with Crippen molar-refractivity contribution in [1.82, 2.24) is 9.36 Å². The molecule has 0 saturated carbocycles. The van der Waals surface area contributed by atoms with E-state index in [9.17, 15) is 5.11 Å². The average molecular weight is 241 g/mol. The highest BCUT2D eigenvalue weighted by molar-refractivity contribution is 7.09. The summed E-state index contributed by atoms with van der Waals surface area (Å²) in [7, 11) is 0. The summed E-state index contributed by atoms with van der Waals surface area (Å²) in [5.74, 6) is 1.34. The Balaban J connectivity index is 2.01. The Morgan fingerprint density at radius 1 is 1.56 bits per heavy atom. The molecule has 2 unspecified atom stereocenters. The maximum absolute atomic E-state index is 9.83. The number of aromatic nitrogens is 2. The summed E-state index contributed by atoms with van der Waals surface area (Å²) >= 11 is 1.45. The van der Waals surface area contributed by atoms with E-state index in [0.717, 1.165) is 36.8 Å². The lowest BCUT2D eigenvalue weighted by Crippen LogP contribution is -2.42. The fourth-order valence-corrected chi connectivity index (χ4v) is 2.67. The molecule has 0 radical (unpaired) electrons. The molecule has 5 heteroatoms. The zero-order chi connectivity index (χ0) is 11.5. The number of hydrogen-bond acceptors (Lipinski definition) is 5. The van der Waals surface area contributed by atoms with E-state index >= 15 is 0 Å². The molecule has 1 fully saturated rings. The monoisotopic (exact) mass is 241 g/mol. The van der Waals surface area contributed by atoms with Crippen molar-refractivity contribution in [2.75, 3.05) is 18.0 Å². The van der Waals surface area contributed by atoms with Gasteiger partial charge in [-0.25, -0.2) is 4.98 Å². The molecule has 0 aliphatic carbocycles. The molecule has 1 aromatic heterocycles. The molecule has 1 aliphatic rings. The van der Waals surface area contributed by atoms with E-state index in [1.165, 1.54) is 11.5 Å². The van der Waals surface area contributed by atoms with Crippen LogP contribution in [0.5, 0.6) is 0 Å². The first-order valence-electron chi connectivity index (χ1n) is 5.96. The largest absolute Gasteiger partial charge is 0.391 e. The van der Waals surface area contributed by atoms with Crippen molar-refractivity contribution in [2.45, 2.75) is 39.2 Å². The third kappa shape index (κ3) is 2.52. The fraction of sp³-hybridized carbons (Fsp3) is 0.818. The Kier molecular flexibility index (Phi) is 3.76. The number of rotatable bonds is 3. The van der Waals surface area contributed by atoms with Gasteiger partial charge in [0, 0.05) is 31.0 Å². The Morgan fingerprint density at radius 3 is 3.06 bits per heavy atom. The van der Waals surface area contributed by atoms with Gasteiger partial charge in [-0.05, 0) is 18.8 Å². The molecule has 0 amide bonds. The van der Waals surface area contributed by atoms with Crippen LogP contribution in [0.25, 0.3) is 0 Å². The quantitative estimate of drug-likeness (QED) is 0.875. The number of anilines is 1. The molecule has 4 nitrogen and oxygen atoms in total. The van der Waals surface area contributed by atoms with Crippen LogP contribution >= 0.6 is 11.5 Å². The van der Waals surface area contributed by atoms with E-state index in [4.69, 9.17) is 0 Å². The van der Waals surface area contributed by atoms with Crippen LogP contribution in [0.4, 0.5) is 5.13 Å². The predicted molar refractivity (Wildman–Crippen MR) is 65.9 cm³/mol. The SMILES string of the molecule is CCCc1nsc(N2CCC(C)C(O)C2)n1. The highest BCUT2D eigenvalue weighted by atomic mass is 32.1. The van der Waals surface area contributed by atoms with Gasteiger partial charge in [0.25, 0.3) is 0 Å². The van der Waals surface area contributed by atoms with Crippen molar-refractivity contribution >= 4 is 16.7 Å². The molecule has 1 aliphatic heterocycles. The van der Waals surface area contributed by atoms with Gasteiger partial charge < -0.3 is 10.0 Å². The molecule has 1 aromatic rings. The molecule has 0 spiro atoms. The van der Waals surface area contributed by atoms with Gasteiger partial charge >= 0.3 is 0 Å². The maximum atomic E-state index is 9.83. The number of piperidine rings is 1. The number of nitrogens with zero attached hydrogens (tertiary/aromatic N) is 3. The third-order valence-electron chi connectivity index (χ3n) is 3.12. The summed E-state index contributed by atoms with van der Waals surface area (Å²) in [6, 6.07) is 0. The van der Waals surface area contributed by atoms with Crippen molar-refractivity contribution in [2.24, 2.45) is 5.92 Å². The molecule has 90 valence electrons. The van der Waals surface area contributed by atoms with E-state index in [-0.39, 0.29) is 6.10 Å². The van der Waals surface area contributed by atoms with Crippen LogP contribution in [0, 0.1) is 5.92 Å². The summed E-state index contributed by atoms with van der Waals surface area (Å²) in [4.78, 5) is 6.66. The van der Waals surface area contributed by atoms with Crippen LogP contribution < -0.4 is 4.90 Å². The summed E-state index contributed by atoms with van der Waals surface area (Å²) in [6.07, 6.45) is 2.83. The first-order valence-corrected chi connectivity index (χ1v) is 6.73. The van der Waals surface area contributed by atoms with E-state index in [0.29, 0.717) is 12.5 Å². The Morgan fingerprint density at radius 2 is 2.38 bits per heavy atom. The standard InChI is InChI=1S/C11H19N3OS/c1-3-4-10-12-11(16-13-10)14-6-5-8(2)9(15)7-14/h8-9,15H,3-7H2,1-2H3. The number of β-amino-alcohol motifs (C(OH)–C–C–N with tert-alkyl or cyclic N) is 1. The minimum atomic E-state index is -0.229. The zero-order valence-electron chi connectivity index (χ0n) is 9.89. The van der Waals surface area contributed by atoms with Crippen molar-refractivity contribution in [3.63, 3.8) is 0 Å². The molecule has 1 N–H and O–H groups in total. The van der Waals surface area contributed by atoms with Gasteiger partial charge in [0.1, 0.15) is 5.82 Å². The predicted octanol–water partition coefficient (Wildman–Crippen LogP) is 1.70. The topological polar surface area (TPSA) is 49.2 Å². The number of aliphatic hydroxyl groups excluding tert-OH is 1. The van der Waals surface area contributed by atoms with Gasteiger partial charge in [-0.1, -0.05) is 13.8 Å². The van der Waals surface area contributed by atoms with Gasteiger partial charge in [0.05, 0.1) is 6.10 Å². The van der Waals surface area contributed by atoms with Gasteiger partial charge in [-0.3, -0.25) is 0 Å². The molecule has 2 rings (SSSR count). The average Bonchev–Trinajstić information content (AvgIpc) is 2.71. The number of hydrogen-bond donors (Lipinski definition) is 1. The second kappa shape index (κ2) is 5.10. The van der Waals surface area contributed by atoms with Crippen molar-refractivity contribution in [3.8, 4) is 0 Å². The first-order chi connectivity index (χ1) is 7.70.